The lowest BCUT2D eigenvalue weighted by Gasteiger charge is -2.34. The van der Waals surface area contributed by atoms with E-state index in [0.717, 1.165) is 22.8 Å². The standard InChI is InChI=1S/C20H24N6O2S/c1-15-4-6-18(7-5-15)29(27,28)25-12-10-24(11-13-25)19-8-9-20(22-21-19)26-17(3)14-16(2)23-26/h4-9,14H,10-13H2,1-3H3. The van der Waals surface area contributed by atoms with Gasteiger partial charge in [-0.1, -0.05) is 17.7 Å². The molecule has 0 aliphatic carbocycles. The monoisotopic (exact) mass is 412 g/mol. The Hall–Kier alpha value is -2.78. The lowest BCUT2D eigenvalue weighted by molar-refractivity contribution is 0.383. The fourth-order valence-corrected chi connectivity index (χ4v) is 4.90. The number of sulfonamides is 1. The van der Waals surface area contributed by atoms with E-state index in [9.17, 15) is 8.42 Å². The van der Waals surface area contributed by atoms with E-state index in [1.807, 2.05) is 51.1 Å². The molecule has 1 fully saturated rings. The van der Waals surface area contributed by atoms with Crippen LogP contribution in [0.1, 0.15) is 17.0 Å². The molecule has 0 radical (unpaired) electrons. The molecule has 29 heavy (non-hydrogen) atoms. The van der Waals surface area contributed by atoms with Crippen LogP contribution in [-0.2, 0) is 10.0 Å². The van der Waals surface area contributed by atoms with Crippen molar-refractivity contribution in [1.29, 1.82) is 0 Å². The Bertz CT molecular complexity index is 1100. The summed E-state index contributed by atoms with van der Waals surface area (Å²) in [6.07, 6.45) is 0. The summed E-state index contributed by atoms with van der Waals surface area (Å²) in [5, 5.41) is 13.1. The number of nitrogens with zero attached hydrogens (tertiary/aromatic N) is 6. The van der Waals surface area contributed by atoms with Crippen molar-refractivity contribution < 1.29 is 8.42 Å². The summed E-state index contributed by atoms with van der Waals surface area (Å²) in [4.78, 5) is 2.39. The molecule has 0 N–H and O–H groups in total. The van der Waals surface area contributed by atoms with Crippen LogP contribution in [0.3, 0.4) is 0 Å². The zero-order chi connectivity index (χ0) is 20.6. The van der Waals surface area contributed by atoms with Gasteiger partial charge >= 0.3 is 0 Å². The number of aryl methyl sites for hydroxylation is 3. The number of hydrogen-bond acceptors (Lipinski definition) is 6. The predicted molar refractivity (Wildman–Crippen MR) is 111 cm³/mol. The highest BCUT2D eigenvalue weighted by Crippen LogP contribution is 2.20. The Balaban J connectivity index is 1.44. The second-order valence-corrected chi connectivity index (χ2v) is 9.23. The number of rotatable bonds is 4. The molecule has 8 nitrogen and oxygen atoms in total. The van der Waals surface area contributed by atoms with Crippen LogP contribution in [0.2, 0.25) is 0 Å². The highest BCUT2D eigenvalue weighted by Gasteiger charge is 2.29. The van der Waals surface area contributed by atoms with Crippen LogP contribution in [0.5, 0.6) is 0 Å². The van der Waals surface area contributed by atoms with Crippen LogP contribution in [0, 0.1) is 20.8 Å². The second-order valence-electron chi connectivity index (χ2n) is 7.29. The molecule has 3 heterocycles. The largest absolute Gasteiger partial charge is 0.352 e. The lowest BCUT2D eigenvalue weighted by Crippen LogP contribution is -2.49. The van der Waals surface area contributed by atoms with E-state index in [4.69, 9.17) is 0 Å². The van der Waals surface area contributed by atoms with Gasteiger partial charge in [0.25, 0.3) is 0 Å². The normalized spacial score (nSPS) is 15.6. The van der Waals surface area contributed by atoms with E-state index in [-0.39, 0.29) is 0 Å². The minimum atomic E-state index is -3.47. The Morgan fingerprint density at radius 2 is 1.45 bits per heavy atom. The summed E-state index contributed by atoms with van der Waals surface area (Å²) in [6, 6.07) is 12.8. The van der Waals surface area contributed by atoms with Crippen molar-refractivity contribution in [1.82, 2.24) is 24.3 Å². The van der Waals surface area contributed by atoms with Crippen molar-refractivity contribution in [3.05, 3.63) is 59.4 Å². The van der Waals surface area contributed by atoms with E-state index in [1.54, 1.807) is 16.8 Å². The van der Waals surface area contributed by atoms with Crippen LogP contribution in [0.25, 0.3) is 5.82 Å². The zero-order valence-corrected chi connectivity index (χ0v) is 17.6. The number of anilines is 1. The third-order valence-corrected chi connectivity index (χ3v) is 7.00. The average Bonchev–Trinajstić information content (AvgIpc) is 3.06. The maximum atomic E-state index is 12.8. The molecule has 0 saturated carbocycles. The first-order valence-electron chi connectivity index (χ1n) is 9.54. The Morgan fingerprint density at radius 1 is 0.828 bits per heavy atom. The molecule has 152 valence electrons. The van der Waals surface area contributed by atoms with Gasteiger partial charge in [0.1, 0.15) is 0 Å². The van der Waals surface area contributed by atoms with E-state index < -0.39 is 10.0 Å². The molecule has 1 aliphatic heterocycles. The van der Waals surface area contributed by atoms with Gasteiger partial charge in [-0.15, -0.1) is 10.2 Å². The maximum absolute atomic E-state index is 12.8. The van der Waals surface area contributed by atoms with Gasteiger partial charge in [-0.05, 0) is 51.1 Å². The van der Waals surface area contributed by atoms with Gasteiger partial charge < -0.3 is 4.90 Å². The minimum absolute atomic E-state index is 0.339. The average molecular weight is 413 g/mol. The molecule has 1 saturated heterocycles. The highest BCUT2D eigenvalue weighted by atomic mass is 32.2. The fraction of sp³-hybridized carbons (Fsp3) is 0.350. The number of benzene rings is 1. The number of aromatic nitrogens is 4. The second kappa shape index (κ2) is 7.57. The maximum Gasteiger partial charge on any atom is 0.243 e. The van der Waals surface area contributed by atoms with Gasteiger partial charge in [0.05, 0.1) is 10.6 Å². The molecule has 0 amide bonds. The lowest BCUT2D eigenvalue weighted by atomic mass is 10.2. The van der Waals surface area contributed by atoms with Crippen molar-refractivity contribution in [3.63, 3.8) is 0 Å². The van der Waals surface area contributed by atoms with Crippen LogP contribution in [-0.4, -0.2) is 58.9 Å². The summed E-state index contributed by atoms with van der Waals surface area (Å²) in [7, 11) is -3.47. The molecule has 0 bridgehead atoms. The van der Waals surface area contributed by atoms with Crippen LogP contribution in [0.4, 0.5) is 5.82 Å². The highest BCUT2D eigenvalue weighted by molar-refractivity contribution is 7.89. The first-order valence-corrected chi connectivity index (χ1v) is 11.0. The first-order chi connectivity index (χ1) is 13.8. The van der Waals surface area contributed by atoms with E-state index in [1.165, 1.54) is 4.31 Å². The predicted octanol–water partition coefficient (Wildman–Crippen LogP) is 2.10. The van der Waals surface area contributed by atoms with Crippen LogP contribution >= 0.6 is 0 Å². The molecule has 2 aromatic heterocycles. The summed E-state index contributed by atoms with van der Waals surface area (Å²) >= 11 is 0. The van der Waals surface area contributed by atoms with Crippen molar-refractivity contribution >= 4 is 15.8 Å². The van der Waals surface area contributed by atoms with E-state index >= 15 is 0 Å². The molecular formula is C20H24N6O2S. The number of piperazine rings is 1. The van der Waals surface area contributed by atoms with Gasteiger partial charge in [-0.3, -0.25) is 0 Å². The number of hydrogen-bond donors (Lipinski definition) is 0. The summed E-state index contributed by atoms with van der Waals surface area (Å²) < 4.78 is 29.0. The van der Waals surface area contributed by atoms with Gasteiger partial charge in [-0.25, -0.2) is 13.1 Å². The third kappa shape index (κ3) is 3.88. The quantitative estimate of drug-likeness (QED) is 0.653. The van der Waals surface area contributed by atoms with Gasteiger partial charge in [0.15, 0.2) is 11.6 Å². The summed E-state index contributed by atoms with van der Waals surface area (Å²) in [5.41, 5.74) is 2.97. The summed E-state index contributed by atoms with van der Waals surface area (Å²) in [5.74, 6) is 1.41. The molecular weight excluding hydrogens is 388 g/mol. The Labute approximate surface area is 170 Å². The molecule has 0 atom stereocenters. The fourth-order valence-electron chi connectivity index (χ4n) is 3.48. The zero-order valence-electron chi connectivity index (χ0n) is 16.8. The van der Waals surface area contributed by atoms with Crippen molar-refractivity contribution in [2.24, 2.45) is 0 Å². The first kappa shape index (κ1) is 19.5. The third-order valence-electron chi connectivity index (χ3n) is 5.08. The van der Waals surface area contributed by atoms with Crippen LogP contribution < -0.4 is 4.90 Å². The smallest absolute Gasteiger partial charge is 0.243 e. The van der Waals surface area contributed by atoms with Crippen molar-refractivity contribution in [2.45, 2.75) is 25.7 Å². The Kier molecular flexibility index (Phi) is 5.10. The molecule has 1 aliphatic rings. The van der Waals surface area contributed by atoms with E-state index in [2.05, 4.69) is 20.2 Å². The van der Waals surface area contributed by atoms with Gasteiger partial charge in [0, 0.05) is 31.9 Å². The van der Waals surface area contributed by atoms with Crippen LogP contribution in [0.15, 0.2) is 47.4 Å². The minimum Gasteiger partial charge on any atom is -0.352 e. The van der Waals surface area contributed by atoms with Gasteiger partial charge in [0.2, 0.25) is 10.0 Å². The van der Waals surface area contributed by atoms with Crippen molar-refractivity contribution in [3.8, 4) is 5.82 Å². The topological polar surface area (TPSA) is 84.2 Å². The molecule has 0 unspecified atom stereocenters. The molecule has 3 aromatic rings. The molecule has 0 spiro atoms. The molecule has 1 aromatic carbocycles. The SMILES string of the molecule is Cc1ccc(S(=O)(=O)N2CCN(c3ccc(-n4nc(C)cc4C)nn3)CC2)cc1. The van der Waals surface area contributed by atoms with Gasteiger partial charge in [-0.2, -0.15) is 9.40 Å². The Morgan fingerprint density at radius 3 is 2.00 bits per heavy atom. The van der Waals surface area contributed by atoms with Crippen molar-refractivity contribution in [2.75, 3.05) is 31.1 Å². The molecule has 9 heteroatoms. The van der Waals surface area contributed by atoms with E-state index in [0.29, 0.717) is 36.9 Å². The summed E-state index contributed by atoms with van der Waals surface area (Å²) in [6.45, 7) is 7.82. The molecule has 4 rings (SSSR count).